The number of hydrogen-bond acceptors (Lipinski definition) is 6. The predicted molar refractivity (Wildman–Crippen MR) is 88.5 cm³/mol. The molecule has 1 N–H and O–H groups in total. The number of amides is 1. The summed E-state index contributed by atoms with van der Waals surface area (Å²) in [5, 5.41) is 3.76. The van der Waals surface area contributed by atoms with Crippen LogP contribution in [0.1, 0.15) is 29.1 Å². The first kappa shape index (κ1) is 15.7. The highest BCUT2D eigenvalue weighted by Gasteiger charge is 2.38. The van der Waals surface area contributed by atoms with Crippen molar-refractivity contribution in [1.29, 1.82) is 0 Å². The molecule has 2 aromatic rings. The molecular weight excluding hydrogens is 322 g/mol. The molecule has 7 nitrogen and oxygen atoms in total. The van der Waals surface area contributed by atoms with Crippen LogP contribution in [-0.4, -0.2) is 48.1 Å². The summed E-state index contributed by atoms with van der Waals surface area (Å²) in [6, 6.07) is 3.26. The quantitative estimate of drug-likeness (QED) is 0.652. The Bertz CT molecular complexity index is 908. The smallest absolute Gasteiger partial charge is 0.384 e. The van der Waals surface area contributed by atoms with E-state index in [1.807, 2.05) is 0 Å². The van der Waals surface area contributed by atoms with Crippen LogP contribution in [0.3, 0.4) is 0 Å². The summed E-state index contributed by atoms with van der Waals surface area (Å²) in [7, 11) is 1.26. The van der Waals surface area contributed by atoms with Crippen LogP contribution in [0.4, 0.5) is 0 Å². The number of hydrogen-bond donors (Lipinski definition) is 1. The molecule has 2 aromatic heterocycles. The van der Waals surface area contributed by atoms with Gasteiger partial charge in [0.05, 0.1) is 13.3 Å². The Kier molecular flexibility index (Phi) is 3.90. The largest absolute Gasteiger partial charge is 0.459 e. The fraction of sp³-hybridized carbons (Fsp3) is 0.389. The first-order valence-electron chi connectivity index (χ1n) is 8.17. The number of aromatic nitrogens is 1. The number of furan rings is 1. The first-order valence-corrected chi connectivity index (χ1v) is 8.17. The molecule has 1 amide bonds. The monoisotopic (exact) mass is 339 g/mol. The molecule has 0 saturated carbocycles. The molecular formula is C18H17N3O4. The second-order valence-corrected chi connectivity index (χ2v) is 6.33. The van der Waals surface area contributed by atoms with Crippen molar-refractivity contribution in [3.8, 4) is 11.8 Å². The molecule has 2 aliphatic rings. The van der Waals surface area contributed by atoms with Crippen molar-refractivity contribution in [3.63, 3.8) is 0 Å². The highest BCUT2D eigenvalue weighted by atomic mass is 16.5. The number of rotatable bonds is 2. The molecule has 2 aliphatic heterocycles. The molecule has 2 saturated heterocycles. The molecule has 3 atom stereocenters. The van der Waals surface area contributed by atoms with E-state index in [2.05, 4.69) is 31.8 Å². The van der Waals surface area contributed by atoms with Gasteiger partial charge in [0, 0.05) is 42.7 Å². The molecule has 4 heterocycles. The lowest BCUT2D eigenvalue weighted by Gasteiger charge is -2.25. The van der Waals surface area contributed by atoms with Gasteiger partial charge in [-0.25, -0.2) is 4.79 Å². The van der Waals surface area contributed by atoms with Gasteiger partial charge in [0.2, 0.25) is 0 Å². The Morgan fingerprint density at radius 1 is 1.44 bits per heavy atom. The summed E-state index contributed by atoms with van der Waals surface area (Å²) < 4.78 is 10.0. The molecule has 0 aromatic carbocycles. The van der Waals surface area contributed by atoms with Crippen LogP contribution in [0.2, 0.25) is 0 Å². The second kappa shape index (κ2) is 6.22. The Morgan fingerprint density at radius 3 is 3.04 bits per heavy atom. The van der Waals surface area contributed by atoms with Gasteiger partial charge < -0.3 is 14.5 Å². The van der Waals surface area contributed by atoms with Gasteiger partial charge in [-0.2, -0.15) is 0 Å². The Labute approximate surface area is 144 Å². The van der Waals surface area contributed by atoms with Crippen molar-refractivity contribution >= 4 is 22.8 Å². The lowest BCUT2D eigenvalue weighted by molar-refractivity contribution is -0.133. The molecule has 7 heteroatoms. The van der Waals surface area contributed by atoms with Crippen molar-refractivity contribution in [2.45, 2.75) is 19.0 Å². The summed E-state index contributed by atoms with van der Waals surface area (Å²) in [5.41, 5.74) is 0.806. The molecule has 128 valence electrons. The van der Waals surface area contributed by atoms with Crippen molar-refractivity contribution in [2.24, 2.45) is 5.92 Å². The Morgan fingerprint density at radius 2 is 2.32 bits per heavy atom. The number of nitrogens with zero attached hydrogens (tertiary/aromatic N) is 2. The molecule has 2 bridgehead atoms. The third-order valence-electron chi connectivity index (χ3n) is 4.72. The van der Waals surface area contributed by atoms with E-state index in [4.69, 9.17) is 4.42 Å². The van der Waals surface area contributed by atoms with E-state index in [1.165, 1.54) is 13.5 Å². The van der Waals surface area contributed by atoms with Crippen molar-refractivity contribution in [1.82, 2.24) is 15.2 Å². The highest BCUT2D eigenvalue weighted by molar-refractivity contribution is 5.95. The molecule has 0 spiro atoms. The maximum absolute atomic E-state index is 12.5. The zero-order valence-corrected chi connectivity index (χ0v) is 13.7. The fourth-order valence-electron chi connectivity index (χ4n) is 3.46. The van der Waals surface area contributed by atoms with Crippen molar-refractivity contribution < 1.29 is 18.7 Å². The van der Waals surface area contributed by atoms with E-state index in [1.54, 1.807) is 18.3 Å². The van der Waals surface area contributed by atoms with Gasteiger partial charge in [0.1, 0.15) is 11.3 Å². The van der Waals surface area contributed by atoms with E-state index in [0.29, 0.717) is 23.0 Å². The van der Waals surface area contributed by atoms with Crippen LogP contribution in [0.15, 0.2) is 22.7 Å². The minimum Gasteiger partial charge on any atom is -0.459 e. The predicted octanol–water partition coefficient (Wildman–Crippen LogP) is 1.13. The van der Waals surface area contributed by atoms with Gasteiger partial charge in [0.15, 0.2) is 5.76 Å². The molecule has 25 heavy (non-hydrogen) atoms. The molecule has 4 rings (SSSR count). The second-order valence-electron chi connectivity index (χ2n) is 6.33. The van der Waals surface area contributed by atoms with Crippen LogP contribution in [-0.2, 0) is 9.53 Å². The zero-order valence-electron chi connectivity index (χ0n) is 13.7. The number of ether oxygens (including phenoxy) is 1. The van der Waals surface area contributed by atoms with Crippen molar-refractivity contribution in [3.05, 3.63) is 29.8 Å². The third-order valence-corrected chi connectivity index (χ3v) is 4.72. The zero-order chi connectivity index (χ0) is 17.4. The fourth-order valence-corrected chi connectivity index (χ4v) is 3.46. The molecule has 0 aliphatic carbocycles. The summed E-state index contributed by atoms with van der Waals surface area (Å²) in [5.74, 6) is 5.05. The lowest BCUT2D eigenvalue weighted by atomic mass is 10.0. The average molecular weight is 339 g/mol. The number of carbonyl (C=O) groups is 2. The number of methoxy groups -OCH3 is 1. The van der Waals surface area contributed by atoms with E-state index in [9.17, 15) is 9.59 Å². The molecule has 3 unspecified atom stereocenters. The van der Waals surface area contributed by atoms with Crippen molar-refractivity contribution in [2.75, 3.05) is 20.2 Å². The van der Waals surface area contributed by atoms with E-state index in [0.717, 1.165) is 24.9 Å². The first-order chi connectivity index (χ1) is 12.1. The summed E-state index contributed by atoms with van der Waals surface area (Å²) >= 11 is 0. The minimum atomic E-state index is -0.639. The van der Waals surface area contributed by atoms with Gasteiger partial charge in [-0.3, -0.25) is 14.7 Å². The van der Waals surface area contributed by atoms with E-state index >= 15 is 0 Å². The molecule has 0 radical (unpaired) electrons. The van der Waals surface area contributed by atoms with Gasteiger partial charge >= 0.3 is 5.97 Å². The van der Waals surface area contributed by atoms with Crippen LogP contribution in [0, 0.1) is 17.8 Å². The number of esters is 1. The van der Waals surface area contributed by atoms with Crippen LogP contribution >= 0.6 is 0 Å². The summed E-state index contributed by atoms with van der Waals surface area (Å²) in [6.07, 6.45) is 3.89. The van der Waals surface area contributed by atoms with Gasteiger partial charge in [-0.05, 0) is 24.7 Å². The number of pyridine rings is 1. The summed E-state index contributed by atoms with van der Waals surface area (Å²) in [6.45, 7) is 2.11. The number of fused-ring (bicyclic) bond motifs is 3. The normalized spacial score (nSPS) is 24.0. The van der Waals surface area contributed by atoms with Crippen LogP contribution in [0.5, 0.6) is 0 Å². The highest BCUT2D eigenvalue weighted by Crippen LogP contribution is 2.31. The van der Waals surface area contributed by atoms with E-state index in [-0.39, 0.29) is 12.1 Å². The molecule has 2 fully saturated rings. The SMILES string of the molecule is COC(=O)C#Cc1cc2cnc(C(=O)NC3CC4CCN3C4)cc2o1. The van der Waals surface area contributed by atoms with Crippen LogP contribution in [0.25, 0.3) is 11.0 Å². The Hall–Kier alpha value is -2.85. The maximum Gasteiger partial charge on any atom is 0.384 e. The standard InChI is InChI=1S/C18H17N3O4/c1-24-17(22)3-2-13-7-12-9-19-14(8-15(12)25-13)18(23)20-16-6-11-4-5-21(16)10-11/h7-9,11,16H,4-6,10H2,1H3,(H,20,23). The summed E-state index contributed by atoms with van der Waals surface area (Å²) in [4.78, 5) is 30.0. The Balaban J connectivity index is 1.51. The van der Waals surface area contributed by atoms with E-state index < -0.39 is 5.97 Å². The topological polar surface area (TPSA) is 84.7 Å². The number of piperidine rings is 1. The maximum atomic E-state index is 12.5. The minimum absolute atomic E-state index is 0.0989. The number of carbonyl (C=O) groups excluding carboxylic acids is 2. The average Bonchev–Trinajstić information content (AvgIpc) is 3.33. The van der Waals surface area contributed by atoms with Gasteiger partial charge in [-0.1, -0.05) is 0 Å². The lowest BCUT2D eigenvalue weighted by Crippen LogP contribution is -2.45. The van der Waals surface area contributed by atoms with Gasteiger partial charge in [0.25, 0.3) is 5.91 Å². The number of nitrogens with one attached hydrogen (secondary N) is 1. The van der Waals surface area contributed by atoms with Crippen LogP contribution < -0.4 is 5.32 Å². The third kappa shape index (κ3) is 3.08. The van der Waals surface area contributed by atoms with Gasteiger partial charge in [-0.15, -0.1) is 0 Å².